The molecule has 130 valence electrons. The van der Waals surface area contributed by atoms with Crippen LogP contribution in [0.4, 0.5) is 10.2 Å². The third-order valence-electron chi connectivity index (χ3n) is 3.35. The third-order valence-corrected chi connectivity index (χ3v) is 3.62. The van der Waals surface area contributed by atoms with Crippen LogP contribution in [0.5, 0.6) is 0 Å². The number of carbonyl (C=O) groups is 1. The summed E-state index contributed by atoms with van der Waals surface area (Å²) in [7, 11) is 0. The van der Waals surface area contributed by atoms with E-state index in [1.54, 1.807) is 0 Å². The molecular weight excluding hydrogens is 345 g/mol. The van der Waals surface area contributed by atoms with Crippen molar-refractivity contribution in [2.45, 2.75) is 20.3 Å². The van der Waals surface area contributed by atoms with Gasteiger partial charge in [-0.3, -0.25) is 15.2 Å². The molecule has 0 radical (unpaired) electrons. The van der Waals surface area contributed by atoms with Crippen LogP contribution in [-0.4, -0.2) is 22.4 Å². The van der Waals surface area contributed by atoms with Gasteiger partial charge in [0.2, 0.25) is 5.82 Å². The highest BCUT2D eigenvalue weighted by atomic mass is 35.5. The topological polar surface area (TPSA) is 81.9 Å². The Hall–Kier alpha value is -2.72. The van der Waals surface area contributed by atoms with Crippen LogP contribution in [0, 0.1) is 23.1 Å². The molecule has 0 aliphatic carbocycles. The predicted molar refractivity (Wildman–Crippen MR) is 92.4 cm³/mol. The summed E-state index contributed by atoms with van der Waals surface area (Å²) in [5.41, 5.74) is 3.00. The number of nitrogens with zero attached hydrogens (tertiary/aromatic N) is 4. The minimum absolute atomic E-state index is 0.0509. The van der Waals surface area contributed by atoms with Gasteiger partial charge in [-0.1, -0.05) is 25.4 Å². The molecule has 1 aromatic heterocycles. The van der Waals surface area contributed by atoms with Crippen molar-refractivity contribution in [2.75, 3.05) is 11.6 Å². The van der Waals surface area contributed by atoms with Crippen molar-refractivity contribution in [2.24, 2.45) is 5.92 Å². The van der Waals surface area contributed by atoms with Crippen molar-refractivity contribution in [3.05, 3.63) is 52.7 Å². The van der Waals surface area contributed by atoms with E-state index >= 15 is 0 Å². The monoisotopic (exact) mass is 361 g/mol. The van der Waals surface area contributed by atoms with Gasteiger partial charge in [-0.2, -0.15) is 10.2 Å². The van der Waals surface area contributed by atoms with Gasteiger partial charge in [0, 0.05) is 12.1 Å². The quantitative estimate of drug-likeness (QED) is 0.798. The zero-order valence-electron chi connectivity index (χ0n) is 13.8. The average molecular weight is 362 g/mol. The lowest BCUT2D eigenvalue weighted by Gasteiger charge is -2.25. The molecule has 0 saturated heterocycles. The highest BCUT2D eigenvalue weighted by Gasteiger charge is 2.18. The van der Waals surface area contributed by atoms with E-state index in [1.165, 1.54) is 35.5 Å². The summed E-state index contributed by atoms with van der Waals surface area (Å²) in [5.74, 6) is -0.293. The summed E-state index contributed by atoms with van der Waals surface area (Å²) >= 11 is 6.14. The van der Waals surface area contributed by atoms with Gasteiger partial charge < -0.3 is 0 Å². The van der Waals surface area contributed by atoms with E-state index in [1.807, 2.05) is 19.9 Å². The largest absolute Gasteiger partial charge is 0.269 e. The molecule has 0 bridgehead atoms. The number of anilines is 1. The highest BCUT2D eigenvalue weighted by molar-refractivity contribution is 6.32. The second-order valence-electron chi connectivity index (χ2n) is 5.76. The molecule has 0 aliphatic heterocycles. The van der Waals surface area contributed by atoms with E-state index in [9.17, 15) is 9.18 Å². The summed E-state index contributed by atoms with van der Waals surface area (Å²) in [4.78, 5) is 20.3. The Morgan fingerprint density at radius 2 is 2.08 bits per heavy atom. The zero-order chi connectivity index (χ0) is 18.4. The van der Waals surface area contributed by atoms with Crippen LogP contribution in [-0.2, 0) is 0 Å². The first-order chi connectivity index (χ1) is 11.9. The van der Waals surface area contributed by atoms with Crippen LogP contribution < -0.4 is 10.4 Å². The fraction of sp³-hybridized carbons (Fsp3) is 0.294. The number of hydrogen-bond donors (Lipinski definition) is 1. The lowest BCUT2D eigenvalue weighted by Crippen LogP contribution is -2.44. The van der Waals surface area contributed by atoms with Crippen molar-refractivity contribution in [3.8, 4) is 6.07 Å². The number of benzene rings is 1. The number of halogens is 2. The Bertz CT molecular complexity index is 789. The van der Waals surface area contributed by atoms with Gasteiger partial charge in [-0.15, -0.1) is 0 Å². The van der Waals surface area contributed by atoms with Gasteiger partial charge >= 0.3 is 0 Å². The summed E-state index contributed by atoms with van der Waals surface area (Å²) in [5, 5.41) is 10.7. The van der Waals surface area contributed by atoms with E-state index in [-0.39, 0.29) is 16.7 Å². The molecule has 1 amide bonds. The molecule has 2 rings (SSSR count). The fourth-order valence-electron chi connectivity index (χ4n) is 1.99. The molecule has 0 saturated carbocycles. The first-order valence-corrected chi connectivity index (χ1v) is 8.05. The normalized spacial score (nSPS) is 10.4. The van der Waals surface area contributed by atoms with Crippen molar-refractivity contribution in [1.29, 1.82) is 5.26 Å². The number of nitriles is 1. The Morgan fingerprint density at radius 1 is 1.40 bits per heavy atom. The van der Waals surface area contributed by atoms with Crippen LogP contribution in [0.15, 0.2) is 30.5 Å². The lowest BCUT2D eigenvalue weighted by molar-refractivity contribution is 0.0948. The smallest absolute Gasteiger partial charge is 0.267 e. The molecule has 2 aromatic rings. The lowest BCUT2D eigenvalue weighted by atomic mass is 10.1. The zero-order valence-corrected chi connectivity index (χ0v) is 14.6. The number of hydrazine groups is 1. The maximum Gasteiger partial charge on any atom is 0.269 e. The van der Waals surface area contributed by atoms with Gasteiger partial charge in [0.05, 0.1) is 6.20 Å². The molecule has 1 heterocycles. The Morgan fingerprint density at radius 3 is 2.68 bits per heavy atom. The molecule has 0 atom stereocenters. The van der Waals surface area contributed by atoms with Gasteiger partial charge in [0.15, 0.2) is 5.82 Å². The van der Waals surface area contributed by atoms with Gasteiger partial charge in [-0.05, 0) is 36.6 Å². The number of amides is 1. The van der Waals surface area contributed by atoms with Gasteiger partial charge in [-0.25, -0.2) is 9.37 Å². The van der Waals surface area contributed by atoms with Crippen molar-refractivity contribution < 1.29 is 9.18 Å². The van der Waals surface area contributed by atoms with Crippen LogP contribution in [0.2, 0.25) is 5.02 Å². The van der Waals surface area contributed by atoms with Crippen LogP contribution in [0.25, 0.3) is 0 Å². The van der Waals surface area contributed by atoms with E-state index < -0.39 is 11.7 Å². The second-order valence-corrected chi connectivity index (χ2v) is 6.17. The number of hydrogen-bond acceptors (Lipinski definition) is 5. The molecule has 25 heavy (non-hydrogen) atoms. The maximum absolute atomic E-state index is 13.0. The molecule has 0 spiro atoms. The second kappa shape index (κ2) is 8.40. The molecule has 8 heteroatoms. The van der Waals surface area contributed by atoms with E-state index in [4.69, 9.17) is 16.9 Å². The first-order valence-electron chi connectivity index (χ1n) is 7.67. The standard InChI is InChI=1S/C17H17ClFN5O/c1-11(2)7-8-24(16-14(18)10-21-15(9-20)22-16)23-17(25)12-3-5-13(19)6-4-12/h3-6,10-11H,7-8H2,1-2H3,(H,23,25). The van der Waals surface area contributed by atoms with E-state index in [2.05, 4.69) is 15.4 Å². The molecule has 6 nitrogen and oxygen atoms in total. The average Bonchev–Trinajstić information content (AvgIpc) is 2.59. The SMILES string of the molecule is CC(C)CCN(NC(=O)c1ccc(F)cc1)c1nc(C#N)ncc1Cl. The van der Waals surface area contributed by atoms with Crippen LogP contribution in [0.1, 0.15) is 36.5 Å². The molecule has 1 aromatic carbocycles. The third kappa shape index (κ3) is 5.13. The summed E-state index contributed by atoms with van der Waals surface area (Å²) in [6.45, 7) is 4.52. The van der Waals surface area contributed by atoms with Crippen molar-refractivity contribution in [1.82, 2.24) is 15.4 Å². The number of rotatable bonds is 6. The van der Waals surface area contributed by atoms with Gasteiger partial charge in [0.25, 0.3) is 5.91 Å². The van der Waals surface area contributed by atoms with Gasteiger partial charge in [0.1, 0.15) is 16.9 Å². The molecule has 0 aliphatic rings. The van der Waals surface area contributed by atoms with Crippen LogP contribution in [0.3, 0.4) is 0 Å². The molecule has 1 N–H and O–H groups in total. The molecule has 0 fully saturated rings. The maximum atomic E-state index is 13.0. The summed E-state index contributed by atoms with van der Waals surface area (Å²) < 4.78 is 13.0. The van der Waals surface area contributed by atoms with E-state index in [0.29, 0.717) is 18.0 Å². The minimum atomic E-state index is -0.433. The fourth-order valence-corrected chi connectivity index (χ4v) is 2.18. The minimum Gasteiger partial charge on any atom is -0.267 e. The van der Waals surface area contributed by atoms with Crippen molar-refractivity contribution >= 4 is 23.3 Å². The number of nitrogens with one attached hydrogen (secondary N) is 1. The Labute approximate surface area is 150 Å². The predicted octanol–water partition coefficient (Wildman–Crippen LogP) is 3.34. The van der Waals surface area contributed by atoms with E-state index in [0.717, 1.165) is 6.42 Å². The Kier molecular flexibility index (Phi) is 6.25. The number of carbonyl (C=O) groups excluding carboxylic acids is 1. The molecular formula is C17H17ClFN5O. The van der Waals surface area contributed by atoms with Crippen LogP contribution >= 0.6 is 11.6 Å². The first kappa shape index (κ1) is 18.6. The summed E-state index contributed by atoms with van der Waals surface area (Å²) in [6, 6.07) is 7.02. The highest BCUT2D eigenvalue weighted by Crippen LogP contribution is 2.22. The molecule has 0 unspecified atom stereocenters. The summed E-state index contributed by atoms with van der Waals surface area (Å²) in [6.07, 6.45) is 2.07. The number of aromatic nitrogens is 2. The van der Waals surface area contributed by atoms with Crippen molar-refractivity contribution in [3.63, 3.8) is 0 Å². The Balaban J connectivity index is 2.28.